The van der Waals surface area contributed by atoms with Crippen molar-refractivity contribution in [3.63, 3.8) is 0 Å². The average Bonchev–Trinajstić information content (AvgIpc) is 3.39. The predicted octanol–water partition coefficient (Wildman–Crippen LogP) is 5.08. The van der Waals surface area contributed by atoms with Crippen LogP contribution in [0.4, 0.5) is 5.69 Å². The van der Waals surface area contributed by atoms with Crippen molar-refractivity contribution >= 4 is 23.1 Å². The number of allylic oxidation sites excluding steroid dienone is 1. The molecule has 0 saturated carbocycles. The first-order valence-electron chi connectivity index (χ1n) is 11.0. The van der Waals surface area contributed by atoms with Crippen LogP contribution in [0.1, 0.15) is 57.0 Å². The molecule has 5 heteroatoms. The highest BCUT2D eigenvalue weighted by Gasteiger charge is 2.36. The number of esters is 1. The Morgan fingerprint density at radius 2 is 1.88 bits per heavy atom. The molecule has 32 heavy (non-hydrogen) atoms. The molecule has 0 spiro atoms. The highest BCUT2D eigenvalue weighted by atomic mass is 16.5. The molecule has 2 aromatic carbocycles. The van der Waals surface area contributed by atoms with Crippen molar-refractivity contribution in [1.82, 2.24) is 4.98 Å². The molecular weight excluding hydrogens is 400 g/mol. The number of aromatic amines is 1. The third-order valence-electron chi connectivity index (χ3n) is 6.51. The fraction of sp³-hybridized carbons (Fsp3) is 0.259. The molecule has 1 aliphatic carbocycles. The van der Waals surface area contributed by atoms with E-state index in [1.165, 1.54) is 0 Å². The van der Waals surface area contributed by atoms with Crippen LogP contribution in [0, 0.1) is 13.8 Å². The van der Waals surface area contributed by atoms with Gasteiger partial charge in [-0.15, -0.1) is 0 Å². The Bertz CT molecular complexity index is 1270. The molecule has 1 unspecified atom stereocenters. The number of nitrogens with one attached hydrogen (secondary N) is 1. The maximum absolute atomic E-state index is 13.0. The van der Waals surface area contributed by atoms with Crippen molar-refractivity contribution in [3.8, 4) is 0 Å². The van der Waals surface area contributed by atoms with Gasteiger partial charge in [0.05, 0.1) is 24.6 Å². The number of amides is 1. The Morgan fingerprint density at radius 3 is 2.69 bits per heavy atom. The van der Waals surface area contributed by atoms with E-state index in [-0.39, 0.29) is 17.9 Å². The van der Waals surface area contributed by atoms with Crippen LogP contribution in [-0.4, -0.2) is 23.5 Å². The van der Waals surface area contributed by atoms with Gasteiger partial charge in [0, 0.05) is 23.5 Å². The molecule has 0 radical (unpaired) electrons. The second-order valence-electron chi connectivity index (χ2n) is 8.42. The van der Waals surface area contributed by atoms with Crippen molar-refractivity contribution < 1.29 is 14.3 Å². The maximum atomic E-state index is 13.0. The molecule has 0 bridgehead atoms. The van der Waals surface area contributed by atoms with E-state index in [0.717, 1.165) is 44.9 Å². The van der Waals surface area contributed by atoms with Crippen LogP contribution in [0.3, 0.4) is 0 Å². The van der Waals surface area contributed by atoms with Crippen molar-refractivity contribution in [3.05, 3.63) is 93.8 Å². The number of aromatic nitrogens is 1. The van der Waals surface area contributed by atoms with E-state index in [9.17, 15) is 9.59 Å². The summed E-state index contributed by atoms with van der Waals surface area (Å²) in [5, 5.41) is 0. The summed E-state index contributed by atoms with van der Waals surface area (Å²) in [6.45, 7) is 6.03. The molecule has 3 aromatic rings. The summed E-state index contributed by atoms with van der Waals surface area (Å²) >= 11 is 0. The number of carbonyl (C=O) groups excluding carboxylic acids is 2. The Labute approximate surface area is 187 Å². The van der Waals surface area contributed by atoms with E-state index in [1.807, 2.05) is 62.1 Å². The Hall–Kier alpha value is -3.60. The summed E-state index contributed by atoms with van der Waals surface area (Å²) in [6, 6.07) is 16.2. The number of rotatable bonds is 5. The molecular formula is C27H26N2O3. The maximum Gasteiger partial charge on any atom is 0.340 e. The molecule has 1 atom stereocenters. The van der Waals surface area contributed by atoms with Gasteiger partial charge in [-0.1, -0.05) is 48.5 Å². The van der Waals surface area contributed by atoms with Gasteiger partial charge in [-0.05, 0) is 54.7 Å². The Kier molecular flexibility index (Phi) is 4.97. The third-order valence-corrected chi connectivity index (χ3v) is 6.51. The third kappa shape index (κ3) is 3.16. The molecule has 1 amide bonds. The largest absolute Gasteiger partial charge is 0.462 e. The molecule has 1 N–H and O–H groups in total. The van der Waals surface area contributed by atoms with Gasteiger partial charge in [0.2, 0.25) is 5.91 Å². The monoisotopic (exact) mass is 426 g/mol. The summed E-state index contributed by atoms with van der Waals surface area (Å²) in [5.41, 5.74) is 8.88. The summed E-state index contributed by atoms with van der Waals surface area (Å²) in [6.07, 6.45) is 3.30. The SMILES string of the molecule is CCOC(=O)c1c(C)[nH]c(CC2=CC(N3C(=O)Cc4ccccc43)c3ccccc32)c1C. The van der Waals surface area contributed by atoms with Crippen LogP contribution in [0.5, 0.6) is 0 Å². The van der Waals surface area contributed by atoms with Crippen LogP contribution in [0.2, 0.25) is 0 Å². The lowest BCUT2D eigenvalue weighted by molar-refractivity contribution is -0.117. The summed E-state index contributed by atoms with van der Waals surface area (Å²) < 4.78 is 5.24. The number of ether oxygens (including phenoxy) is 1. The van der Waals surface area contributed by atoms with Gasteiger partial charge in [0.25, 0.3) is 0 Å². The molecule has 5 rings (SSSR count). The number of aryl methyl sites for hydroxylation is 1. The molecule has 5 nitrogen and oxygen atoms in total. The quantitative estimate of drug-likeness (QED) is 0.579. The van der Waals surface area contributed by atoms with E-state index >= 15 is 0 Å². The Balaban J connectivity index is 1.53. The molecule has 1 aromatic heterocycles. The van der Waals surface area contributed by atoms with E-state index in [2.05, 4.69) is 23.2 Å². The lowest BCUT2D eigenvalue weighted by Gasteiger charge is -2.25. The van der Waals surface area contributed by atoms with E-state index in [0.29, 0.717) is 25.0 Å². The number of carbonyl (C=O) groups is 2. The number of anilines is 1. The standard InChI is InChI=1S/C27H26N2O3/c1-4-32-27(31)26-16(2)22(28-17(26)3)13-19-14-24(21-11-7-6-10-20(19)21)29-23-12-8-5-9-18(23)15-25(29)30/h5-12,14,24,28H,4,13,15H2,1-3H3. The fourth-order valence-corrected chi connectivity index (χ4v) is 5.06. The molecule has 0 fully saturated rings. The average molecular weight is 427 g/mol. The fourth-order valence-electron chi connectivity index (χ4n) is 5.06. The first kappa shape index (κ1) is 20.3. The zero-order chi connectivity index (χ0) is 22.4. The van der Waals surface area contributed by atoms with E-state index < -0.39 is 0 Å². The van der Waals surface area contributed by atoms with Crippen molar-refractivity contribution in [1.29, 1.82) is 0 Å². The number of H-pyrrole nitrogens is 1. The number of fused-ring (bicyclic) bond motifs is 2. The van der Waals surface area contributed by atoms with Gasteiger partial charge >= 0.3 is 5.97 Å². The summed E-state index contributed by atoms with van der Waals surface area (Å²) in [5.74, 6) is -0.164. The highest BCUT2D eigenvalue weighted by molar-refractivity contribution is 6.03. The van der Waals surface area contributed by atoms with Gasteiger partial charge < -0.3 is 14.6 Å². The number of benzene rings is 2. The second-order valence-corrected chi connectivity index (χ2v) is 8.42. The van der Waals surface area contributed by atoms with Gasteiger partial charge in [-0.25, -0.2) is 4.79 Å². The van der Waals surface area contributed by atoms with Crippen LogP contribution in [0.15, 0.2) is 54.6 Å². The van der Waals surface area contributed by atoms with Crippen LogP contribution < -0.4 is 4.90 Å². The van der Waals surface area contributed by atoms with Crippen molar-refractivity contribution in [2.45, 2.75) is 39.7 Å². The summed E-state index contributed by atoms with van der Waals surface area (Å²) in [7, 11) is 0. The first-order chi connectivity index (χ1) is 15.5. The number of nitrogens with zero attached hydrogens (tertiary/aromatic N) is 1. The zero-order valence-electron chi connectivity index (χ0n) is 18.6. The lowest BCUT2D eigenvalue weighted by atomic mass is 9.99. The van der Waals surface area contributed by atoms with E-state index in [4.69, 9.17) is 4.74 Å². The van der Waals surface area contributed by atoms with Crippen LogP contribution in [0.25, 0.3) is 5.57 Å². The van der Waals surface area contributed by atoms with Gasteiger partial charge in [0.1, 0.15) is 0 Å². The van der Waals surface area contributed by atoms with Gasteiger partial charge in [0.15, 0.2) is 0 Å². The highest BCUT2D eigenvalue weighted by Crippen LogP contribution is 2.44. The first-order valence-corrected chi connectivity index (χ1v) is 11.0. The zero-order valence-corrected chi connectivity index (χ0v) is 18.6. The van der Waals surface area contributed by atoms with Gasteiger partial charge in [-0.3, -0.25) is 4.79 Å². The predicted molar refractivity (Wildman–Crippen MR) is 125 cm³/mol. The minimum atomic E-state index is -0.289. The minimum Gasteiger partial charge on any atom is -0.462 e. The van der Waals surface area contributed by atoms with Crippen molar-refractivity contribution in [2.24, 2.45) is 0 Å². The minimum absolute atomic E-state index is 0.125. The van der Waals surface area contributed by atoms with Crippen molar-refractivity contribution in [2.75, 3.05) is 11.5 Å². The van der Waals surface area contributed by atoms with Crippen LogP contribution in [-0.2, 0) is 22.4 Å². The summed E-state index contributed by atoms with van der Waals surface area (Å²) in [4.78, 5) is 30.7. The molecule has 2 heterocycles. The molecule has 2 aliphatic rings. The lowest BCUT2D eigenvalue weighted by Crippen LogP contribution is -2.29. The number of hydrogen-bond acceptors (Lipinski definition) is 3. The van der Waals surface area contributed by atoms with Crippen LogP contribution >= 0.6 is 0 Å². The normalized spacial score (nSPS) is 16.7. The van der Waals surface area contributed by atoms with E-state index in [1.54, 1.807) is 0 Å². The van der Waals surface area contributed by atoms with Gasteiger partial charge in [-0.2, -0.15) is 0 Å². The Morgan fingerprint density at radius 1 is 1.12 bits per heavy atom. The number of hydrogen-bond donors (Lipinski definition) is 1. The smallest absolute Gasteiger partial charge is 0.340 e. The topological polar surface area (TPSA) is 62.4 Å². The second kappa shape index (κ2) is 7.83. The molecule has 1 aliphatic heterocycles. The molecule has 162 valence electrons. The molecule has 0 saturated heterocycles. The number of para-hydroxylation sites is 1.